The Labute approximate surface area is 251 Å². The zero-order chi connectivity index (χ0) is 31.2. The number of hydrogen-bond donors (Lipinski definition) is 4. The van der Waals surface area contributed by atoms with Crippen LogP contribution in [-0.2, 0) is 38.3 Å². The van der Waals surface area contributed by atoms with Gasteiger partial charge in [0, 0.05) is 13.0 Å². The molecule has 0 aromatic heterocycles. The van der Waals surface area contributed by atoms with Crippen LogP contribution in [0.5, 0.6) is 0 Å². The molecule has 1 aliphatic rings. The van der Waals surface area contributed by atoms with Crippen LogP contribution in [0.4, 0.5) is 0 Å². The minimum absolute atomic E-state index is 0.0324. The first-order chi connectivity index (χ1) is 20.1. The fourth-order valence-electron chi connectivity index (χ4n) is 4.49. The predicted octanol–water partition coefficient (Wildman–Crippen LogP) is 3.62. The van der Waals surface area contributed by atoms with Crippen molar-refractivity contribution in [3.05, 3.63) is 12.2 Å². The van der Waals surface area contributed by atoms with Crippen LogP contribution in [-0.4, -0.2) is 97.5 Å². The molecule has 4 N–H and O–H groups in total. The molecule has 12 nitrogen and oxygen atoms in total. The van der Waals surface area contributed by atoms with E-state index in [4.69, 9.17) is 23.5 Å². The highest BCUT2D eigenvalue weighted by Crippen LogP contribution is 2.26. The van der Waals surface area contributed by atoms with Gasteiger partial charge in [0.25, 0.3) is 0 Å². The Kier molecular flexibility index (Phi) is 21.5. The molecule has 0 bridgehead atoms. The minimum Gasteiger partial charge on any atom is -0.457 e. The van der Waals surface area contributed by atoms with Gasteiger partial charge in [0.05, 0.1) is 19.8 Å². The lowest BCUT2D eigenvalue weighted by molar-refractivity contribution is -0.301. The smallest absolute Gasteiger partial charge is 0.397 e. The lowest BCUT2D eigenvalue weighted by Gasteiger charge is -2.41. The summed E-state index contributed by atoms with van der Waals surface area (Å²) in [6, 6.07) is 0. The number of esters is 1. The number of allylic oxidation sites excluding steroid dienone is 2. The largest absolute Gasteiger partial charge is 0.457 e. The van der Waals surface area contributed by atoms with Crippen LogP contribution in [0.3, 0.4) is 0 Å². The van der Waals surface area contributed by atoms with Crippen molar-refractivity contribution in [2.24, 2.45) is 0 Å². The highest BCUT2D eigenvalue weighted by Gasteiger charge is 2.48. The Morgan fingerprint density at radius 2 is 1.55 bits per heavy atom. The molecule has 6 atom stereocenters. The SMILES string of the molecule is CCC/C=C\CCCCCCCCOCC(COC1OC(CO)C(O)C(OS(=O)(=O)O)C1O)OC(=O)CCCCCC. The van der Waals surface area contributed by atoms with Crippen LogP contribution >= 0.6 is 0 Å². The molecule has 42 heavy (non-hydrogen) atoms. The van der Waals surface area contributed by atoms with E-state index in [2.05, 4.69) is 30.2 Å². The molecule has 6 unspecified atom stereocenters. The van der Waals surface area contributed by atoms with Crippen LogP contribution in [0.2, 0.25) is 0 Å². The number of hydrogen-bond acceptors (Lipinski definition) is 11. The topological polar surface area (TPSA) is 178 Å². The van der Waals surface area contributed by atoms with Gasteiger partial charge in [0.15, 0.2) is 6.29 Å². The molecule has 1 saturated heterocycles. The Balaban J connectivity index is 2.55. The van der Waals surface area contributed by atoms with Gasteiger partial charge in [-0.3, -0.25) is 9.35 Å². The third kappa shape index (κ3) is 17.8. The van der Waals surface area contributed by atoms with Crippen molar-refractivity contribution in [3.8, 4) is 0 Å². The molecule has 0 aromatic carbocycles. The van der Waals surface area contributed by atoms with Crippen LogP contribution in [0.25, 0.3) is 0 Å². The Bertz CT molecular complexity index is 821. The summed E-state index contributed by atoms with van der Waals surface area (Å²) in [5.41, 5.74) is 0. The van der Waals surface area contributed by atoms with E-state index >= 15 is 0 Å². The molecule has 1 aliphatic heterocycles. The second-order valence-corrected chi connectivity index (χ2v) is 11.7. The number of rotatable bonds is 25. The van der Waals surface area contributed by atoms with Gasteiger partial charge in [-0.2, -0.15) is 8.42 Å². The first-order valence-electron chi connectivity index (χ1n) is 15.4. The molecule has 13 heteroatoms. The average Bonchev–Trinajstić information content (AvgIpc) is 2.94. The summed E-state index contributed by atoms with van der Waals surface area (Å²) in [6.45, 7) is 3.73. The molecule has 0 saturated carbocycles. The van der Waals surface area contributed by atoms with E-state index < -0.39 is 59.8 Å². The summed E-state index contributed by atoms with van der Waals surface area (Å²) in [6.07, 6.45) is 9.14. The van der Waals surface area contributed by atoms with E-state index in [-0.39, 0.29) is 19.6 Å². The summed E-state index contributed by atoms with van der Waals surface area (Å²) >= 11 is 0. The lowest BCUT2D eigenvalue weighted by Crippen LogP contribution is -2.60. The fraction of sp³-hybridized carbons (Fsp3) is 0.897. The zero-order valence-electron chi connectivity index (χ0n) is 25.3. The second kappa shape index (κ2) is 23.3. The molecule has 1 heterocycles. The maximum atomic E-state index is 12.4. The van der Waals surface area contributed by atoms with Gasteiger partial charge in [0.2, 0.25) is 0 Å². The van der Waals surface area contributed by atoms with Gasteiger partial charge in [-0.25, -0.2) is 4.18 Å². The number of aliphatic hydroxyl groups is 3. The molecule has 1 rings (SSSR count). The maximum absolute atomic E-state index is 12.4. The molecular weight excluding hydrogens is 572 g/mol. The third-order valence-corrected chi connectivity index (χ3v) is 7.33. The zero-order valence-corrected chi connectivity index (χ0v) is 26.1. The van der Waals surface area contributed by atoms with Gasteiger partial charge in [-0.05, 0) is 32.1 Å². The van der Waals surface area contributed by atoms with Crippen LogP contribution in [0.15, 0.2) is 12.2 Å². The van der Waals surface area contributed by atoms with Crippen molar-refractivity contribution < 1.29 is 56.2 Å². The summed E-state index contributed by atoms with van der Waals surface area (Å²) < 4.78 is 58.1. The fourth-order valence-corrected chi connectivity index (χ4v) is 5.00. The van der Waals surface area contributed by atoms with Crippen LogP contribution < -0.4 is 0 Å². The maximum Gasteiger partial charge on any atom is 0.397 e. The van der Waals surface area contributed by atoms with Gasteiger partial charge in [-0.15, -0.1) is 0 Å². The minimum atomic E-state index is -5.04. The standard InChI is InChI=1S/C29H54O12S/c1-3-5-7-9-10-11-12-13-14-15-17-19-37-21-23(39-25(31)18-16-8-6-4-2)22-38-29-27(33)28(41-42(34,35)36)26(32)24(20-30)40-29/h7,9,23-24,26-30,32-33H,3-6,8,10-22H2,1-2H3,(H,34,35,36)/b9-7-. The van der Waals surface area contributed by atoms with E-state index in [0.717, 1.165) is 51.4 Å². The molecule has 1 fully saturated rings. The van der Waals surface area contributed by atoms with Crippen molar-refractivity contribution >= 4 is 16.4 Å². The van der Waals surface area contributed by atoms with Crippen molar-refractivity contribution in [2.45, 2.75) is 141 Å². The van der Waals surface area contributed by atoms with E-state index in [0.29, 0.717) is 13.0 Å². The van der Waals surface area contributed by atoms with Crippen molar-refractivity contribution in [2.75, 3.05) is 26.4 Å². The third-order valence-electron chi connectivity index (χ3n) is 6.87. The first kappa shape index (κ1) is 38.9. The Morgan fingerprint density at radius 1 is 0.881 bits per heavy atom. The van der Waals surface area contributed by atoms with E-state index in [9.17, 15) is 28.5 Å². The van der Waals surface area contributed by atoms with Crippen LogP contribution in [0, 0.1) is 0 Å². The molecule has 0 spiro atoms. The number of aliphatic hydroxyl groups excluding tert-OH is 3. The number of carbonyl (C=O) groups is 1. The highest BCUT2D eigenvalue weighted by atomic mass is 32.3. The molecule has 0 amide bonds. The summed E-state index contributed by atoms with van der Waals surface area (Å²) in [7, 11) is -5.04. The Hall–Kier alpha value is -1.16. The lowest BCUT2D eigenvalue weighted by atomic mass is 9.99. The van der Waals surface area contributed by atoms with Gasteiger partial charge in [-0.1, -0.05) is 77.4 Å². The summed E-state index contributed by atoms with van der Waals surface area (Å²) in [5, 5.41) is 30.2. The Morgan fingerprint density at radius 3 is 2.21 bits per heavy atom. The monoisotopic (exact) mass is 626 g/mol. The van der Waals surface area contributed by atoms with Crippen molar-refractivity contribution in [1.82, 2.24) is 0 Å². The molecular formula is C29H54O12S. The first-order valence-corrected chi connectivity index (χ1v) is 16.8. The summed E-state index contributed by atoms with van der Waals surface area (Å²) in [5.74, 6) is -0.422. The second-order valence-electron chi connectivity index (χ2n) is 10.7. The number of ether oxygens (including phenoxy) is 4. The molecule has 0 aromatic rings. The molecule has 0 radical (unpaired) electrons. The van der Waals surface area contributed by atoms with Gasteiger partial charge < -0.3 is 34.3 Å². The highest BCUT2D eigenvalue weighted by molar-refractivity contribution is 7.80. The predicted molar refractivity (Wildman–Crippen MR) is 156 cm³/mol. The van der Waals surface area contributed by atoms with E-state index in [1.807, 2.05) is 0 Å². The van der Waals surface area contributed by atoms with E-state index in [1.165, 1.54) is 25.7 Å². The quantitative estimate of drug-likeness (QED) is 0.0501. The normalized spacial score (nSPS) is 23.8. The van der Waals surface area contributed by atoms with Crippen molar-refractivity contribution in [3.63, 3.8) is 0 Å². The molecule has 0 aliphatic carbocycles. The summed E-state index contributed by atoms with van der Waals surface area (Å²) in [4.78, 5) is 12.4. The number of unbranched alkanes of at least 4 members (excludes halogenated alkanes) is 10. The van der Waals surface area contributed by atoms with E-state index in [1.54, 1.807) is 0 Å². The van der Waals surface area contributed by atoms with Crippen LogP contribution in [0.1, 0.15) is 104 Å². The van der Waals surface area contributed by atoms with Gasteiger partial charge in [0.1, 0.15) is 30.5 Å². The average molecular weight is 627 g/mol. The van der Waals surface area contributed by atoms with Crippen molar-refractivity contribution in [1.29, 1.82) is 0 Å². The molecule has 248 valence electrons. The number of carbonyl (C=O) groups excluding carboxylic acids is 1. The van der Waals surface area contributed by atoms with Gasteiger partial charge >= 0.3 is 16.4 Å².